The molecule has 0 saturated heterocycles. The minimum atomic E-state index is 0.466. The highest BCUT2D eigenvalue weighted by Crippen LogP contribution is 2.41. The summed E-state index contributed by atoms with van der Waals surface area (Å²) in [5, 5.41) is 0. The Morgan fingerprint density at radius 1 is 1.00 bits per heavy atom. The molecule has 2 fully saturated rings. The van der Waals surface area contributed by atoms with Crippen LogP contribution in [0, 0.1) is 11.8 Å². The highest BCUT2D eigenvalue weighted by Gasteiger charge is 2.37. The average molecular weight is 183 g/mol. The first-order chi connectivity index (χ1) is 6.31. The Morgan fingerprint density at radius 2 is 1.46 bits per heavy atom. The Morgan fingerprint density at radius 3 is 1.85 bits per heavy atom. The highest BCUT2D eigenvalue weighted by atomic mass is 16.5. The molecule has 2 heteroatoms. The van der Waals surface area contributed by atoms with Crippen molar-refractivity contribution in [1.82, 2.24) is 0 Å². The van der Waals surface area contributed by atoms with Crippen LogP contribution in [-0.2, 0) is 4.74 Å². The highest BCUT2D eigenvalue weighted by molar-refractivity contribution is 4.89. The van der Waals surface area contributed by atoms with Gasteiger partial charge in [-0.25, -0.2) is 0 Å². The van der Waals surface area contributed by atoms with E-state index in [1.54, 1.807) is 0 Å². The van der Waals surface area contributed by atoms with Gasteiger partial charge in [-0.05, 0) is 50.4 Å². The van der Waals surface area contributed by atoms with E-state index < -0.39 is 0 Å². The van der Waals surface area contributed by atoms with Crippen molar-refractivity contribution < 1.29 is 4.74 Å². The van der Waals surface area contributed by atoms with E-state index in [1.807, 2.05) is 7.11 Å². The van der Waals surface area contributed by atoms with Crippen LogP contribution in [0.4, 0.5) is 0 Å². The fourth-order valence-electron chi connectivity index (χ4n) is 2.67. The van der Waals surface area contributed by atoms with Gasteiger partial charge in [0.2, 0.25) is 0 Å². The number of rotatable bonds is 3. The third-order valence-electron chi connectivity index (χ3n) is 3.64. The van der Waals surface area contributed by atoms with Crippen molar-refractivity contribution in [3.8, 4) is 0 Å². The van der Waals surface area contributed by atoms with Crippen molar-refractivity contribution in [1.29, 1.82) is 0 Å². The molecule has 0 aromatic rings. The molecular weight excluding hydrogens is 162 g/mol. The molecule has 13 heavy (non-hydrogen) atoms. The lowest BCUT2D eigenvalue weighted by Gasteiger charge is -2.31. The molecule has 2 rings (SSSR count). The average Bonchev–Trinajstić information content (AvgIpc) is 2.93. The normalized spacial score (nSPS) is 37.4. The predicted molar refractivity (Wildman–Crippen MR) is 53.5 cm³/mol. The fraction of sp³-hybridized carbons (Fsp3) is 1.00. The molecule has 0 spiro atoms. The van der Waals surface area contributed by atoms with E-state index in [-0.39, 0.29) is 0 Å². The molecule has 1 atom stereocenters. The Kier molecular flexibility index (Phi) is 2.89. The second kappa shape index (κ2) is 3.97. The molecule has 2 aliphatic carbocycles. The Hall–Kier alpha value is -0.0800. The lowest BCUT2D eigenvalue weighted by atomic mass is 9.81. The van der Waals surface area contributed by atoms with Gasteiger partial charge in [0.15, 0.2) is 0 Å². The molecule has 0 amide bonds. The van der Waals surface area contributed by atoms with Gasteiger partial charge in [0.25, 0.3) is 0 Å². The third kappa shape index (κ3) is 2.23. The fourth-order valence-corrected chi connectivity index (χ4v) is 2.67. The van der Waals surface area contributed by atoms with Gasteiger partial charge >= 0.3 is 0 Å². The molecule has 0 radical (unpaired) electrons. The van der Waals surface area contributed by atoms with Crippen LogP contribution in [0.15, 0.2) is 0 Å². The maximum atomic E-state index is 5.89. The molecule has 0 aromatic heterocycles. The summed E-state index contributed by atoms with van der Waals surface area (Å²) in [6.07, 6.45) is 8.32. The summed E-state index contributed by atoms with van der Waals surface area (Å²) < 4.78 is 5.61. The number of hydrogen-bond acceptors (Lipinski definition) is 2. The van der Waals surface area contributed by atoms with E-state index >= 15 is 0 Å². The standard InChI is InChI=1S/C11H21NO/c1-13-11(8-2-3-8)9-4-6-10(12)7-5-9/h8-11H,2-7,12H2,1H3/t9-,10-,11?. The van der Waals surface area contributed by atoms with Crippen molar-refractivity contribution in [3.63, 3.8) is 0 Å². The number of ether oxygens (including phenoxy) is 1. The number of hydrogen-bond donors (Lipinski definition) is 1. The maximum absolute atomic E-state index is 5.89. The Balaban J connectivity index is 1.84. The molecule has 2 N–H and O–H groups in total. The van der Waals surface area contributed by atoms with Crippen LogP contribution in [0.1, 0.15) is 38.5 Å². The van der Waals surface area contributed by atoms with Crippen molar-refractivity contribution in [2.45, 2.75) is 50.7 Å². The van der Waals surface area contributed by atoms with Crippen LogP contribution in [0.3, 0.4) is 0 Å². The van der Waals surface area contributed by atoms with Crippen molar-refractivity contribution in [2.24, 2.45) is 17.6 Å². The summed E-state index contributed by atoms with van der Waals surface area (Å²) in [5.74, 6) is 1.68. The van der Waals surface area contributed by atoms with Crippen LogP contribution in [0.2, 0.25) is 0 Å². The van der Waals surface area contributed by atoms with Crippen molar-refractivity contribution >= 4 is 0 Å². The first-order valence-corrected chi connectivity index (χ1v) is 5.59. The van der Waals surface area contributed by atoms with Crippen LogP contribution in [0.5, 0.6) is 0 Å². The van der Waals surface area contributed by atoms with E-state index in [0.717, 1.165) is 11.8 Å². The zero-order valence-electron chi connectivity index (χ0n) is 8.54. The topological polar surface area (TPSA) is 35.2 Å². The summed E-state index contributed by atoms with van der Waals surface area (Å²) in [4.78, 5) is 0. The molecule has 76 valence electrons. The van der Waals surface area contributed by atoms with Gasteiger partial charge in [-0.3, -0.25) is 0 Å². The number of methoxy groups -OCH3 is 1. The minimum Gasteiger partial charge on any atom is -0.381 e. The van der Waals surface area contributed by atoms with Crippen LogP contribution < -0.4 is 5.73 Å². The smallest absolute Gasteiger partial charge is 0.0627 e. The summed E-state index contributed by atoms with van der Waals surface area (Å²) in [7, 11) is 1.87. The molecule has 0 aromatic carbocycles. The van der Waals surface area contributed by atoms with E-state index in [0.29, 0.717) is 12.1 Å². The molecular formula is C11H21NO. The van der Waals surface area contributed by atoms with Gasteiger partial charge in [0.1, 0.15) is 0 Å². The van der Waals surface area contributed by atoms with Gasteiger partial charge < -0.3 is 10.5 Å². The van der Waals surface area contributed by atoms with Gasteiger partial charge in [0, 0.05) is 13.2 Å². The third-order valence-corrected chi connectivity index (χ3v) is 3.64. The first kappa shape index (κ1) is 9.47. The molecule has 0 aliphatic heterocycles. The molecule has 0 bridgehead atoms. The van der Waals surface area contributed by atoms with Crippen LogP contribution >= 0.6 is 0 Å². The lowest BCUT2D eigenvalue weighted by molar-refractivity contribution is 0.0185. The molecule has 2 nitrogen and oxygen atoms in total. The van der Waals surface area contributed by atoms with Crippen molar-refractivity contribution in [3.05, 3.63) is 0 Å². The Labute approximate surface area is 80.8 Å². The van der Waals surface area contributed by atoms with Crippen LogP contribution in [0.25, 0.3) is 0 Å². The minimum absolute atomic E-state index is 0.466. The zero-order chi connectivity index (χ0) is 9.26. The molecule has 0 heterocycles. The van der Waals surface area contributed by atoms with E-state index in [1.165, 1.54) is 38.5 Å². The summed E-state index contributed by atoms with van der Waals surface area (Å²) >= 11 is 0. The second-order valence-electron chi connectivity index (χ2n) is 4.71. The summed E-state index contributed by atoms with van der Waals surface area (Å²) in [6.45, 7) is 0. The first-order valence-electron chi connectivity index (χ1n) is 5.59. The predicted octanol–water partition coefficient (Wildman–Crippen LogP) is 1.93. The molecule has 1 unspecified atom stereocenters. The monoisotopic (exact) mass is 183 g/mol. The molecule has 2 saturated carbocycles. The quantitative estimate of drug-likeness (QED) is 0.725. The summed E-state index contributed by atoms with van der Waals surface area (Å²) in [6, 6.07) is 0.466. The zero-order valence-corrected chi connectivity index (χ0v) is 8.54. The SMILES string of the molecule is COC(C1CC1)[C@H]1CC[C@H](N)CC1. The van der Waals surface area contributed by atoms with Gasteiger partial charge in [-0.15, -0.1) is 0 Å². The maximum Gasteiger partial charge on any atom is 0.0627 e. The van der Waals surface area contributed by atoms with E-state index in [4.69, 9.17) is 10.5 Å². The van der Waals surface area contributed by atoms with E-state index in [9.17, 15) is 0 Å². The molecule has 2 aliphatic rings. The van der Waals surface area contributed by atoms with Gasteiger partial charge in [0.05, 0.1) is 6.10 Å². The van der Waals surface area contributed by atoms with Crippen LogP contribution in [-0.4, -0.2) is 19.3 Å². The Bertz CT molecular complexity index is 159. The largest absolute Gasteiger partial charge is 0.381 e. The lowest BCUT2D eigenvalue weighted by Crippen LogP contribution is -2.33. The summed E-state index contributed by atoms with van der Waals surface area (Å²) in [5.41, 5.74) is 5.89. The van der Waals surface area contributed by atoms with E-state index in [2.05, 4.69) is 0 Å². The van der Waals surface area contributed by atoms with Gasteiger partial charge in [-0.1, -0.05) is 0 Å². The van der Waals surface area contributed by atoms with Crippen molar-refractivity contribution in [2.75, 3.05) is 7.11 Å². The van der Waals surface area contributed by atoms with Gasteiger partial charge in [-0.2, -0.15) is 0 Å². The number of nitrogens with two attached hydrogens (primary N) is 1. The second-order valence-corrected chi connectivity index (χ2v) is 4.71.